The molecular weight excluding hydrogens is 124 g/mol. The second-order valence-corrected chi connectivity index (χ2v) is 2.14. The van der Waals surface area contributed by atoms with Crippen LogP contribution in [0.2, 0.25) is 0 Å². The van der Waals surface area contributed by atoms with Gasteiger partial charge in [-0.25, -0.2) is 0 Å². The van der Waals surface area contributed by atoms with Crippen LogP contribution in [0.5, 0.6) is 0 Å². The van der Waals surface area contributed by atoms with E-state index in [0.717, 1.165) is 0 Å². The van der Waals surface area contributed by atoms with Crippen LogP contribution in [-0.4, -0.2) is 23.1 Å². The molecule has 0 aromatic rings. The first kappa shape index (κ1) is 10.6. The van der Waals surface area contributed by atoms with E-state index >= 15 is 0 Å². The fourth-order valence-corrected chi connectivity index (χ4v) is 0.426. The summed E-state index contributed by atoms with van der Waals surface area (Å²) in [4.78, 5) is 9.94. The van der Waals surface area contributed by atoms with E-state index in [9.17, 15) is 4.79 Å². The van der Waals surface area contributed by atoms with E-state index in [1.54, 1.807) is 0 Å². The summed E-state index contributed by atoms with van der Waals surface area (Å²) in [5.74, 6) is -0.256. The van der Waals surface area contributed by atoms with E-state index in [4.69, 9.17) is 0 Å². The van der Waals surface area contributed by atoms with Gasteiger partial charge in [0.15, 0.2) is 0 Å². The number of hydrogen-bond acceptors (Lipinski definition) is 3. The van der Waals surface area contributed by atoms with Crippen LogP contribution in [0.25, 0.3) is 0 Å². The second-order valence-electron chi connectivity index (χ2n) is 1.04. The van der Waals surface area contributed by atoms with Crippen molar-refractivity contribution < 1.29 is 13.6 Å². The van der Waals surface area contributed by atoms with Gasteiger partial charge in [0.1, 0.15) is 0 Å². The Morgan fingerprint density at radius 3 is 2.25 bits per heavy atom. The Kier molecular flexibility index (Phi) is 8.80. The first-order chi connectivity index (χ1) is 3.27. The Morgan fingerprint density at radius 2 is 2.12 bits per heavy atom. The van der Waals surface area contributed by atoms with Gasteiger partial charge in [-0.05, 0) is 0 Å². The number of hydrogen-bond donors (Lipinski definition) is 0. The summed E-state index contributed by atoms with van der Waals surface area (Å²) in [7, 11) is 0.548. The molecule has 0 bridgehead atoms. The highest BCUT2D eigenvalue weighted by atomic mass is 28.3. The van der Waals surface area contributed by atoms with Gasteiger partial charge in [-0.2, -0.15) is 0 Å². The molecule has 0 atom stereocenters. The zero-order valence-electron chi connectivity index (χ0n) is 4.43. The van der Waals surface area contributed by atoms with Crippen LogP contribution >= 0.6 is 0 Å². The summed E-state index contributed by atoms with van der Waals surface area (Å²) in [6.07, 6.45) is 0. The third-order valence-corrected chi connectivity index (χ3v) is 1.14. The molecule has 0 aliphatic rings. The molecule has 0 rings (SSSR count). The topological polar surface area (TPSA) is 35.5 Å². The highest BCUT2D eigenvalue weighted by Crippen LogP contribution is 1.69. The number of carbonyl (C=O) groups is 1. The molecule has 0 fully saturated rings. The molecule has 0 amide bonds. The molecule has 0 aromatic heterocycles. The molecular formula is C4H12O3Si. The Labute approximate surface area is 52.0 Å². The van der Waals surface area contributed by atoms with Crippen LogP contribution < -0.4 is 0 Å². The van der Waals surface area contributed by atoms with Gasteiger partial charge in [0.25, 0.3) is 5.97 Å². The van der Waals surface area contributed by atoms with Crippen LogP contribution in [0.3, 0.4) is 0 Å². The molecule has 0 aromatic carbocycles. The third-order valence-electron chi connectivity index (χ3n) is 0.380. The smallest absolute Gasteiger partial charge is 0.368 e. The maximum Gasteiger partial charge on any atom is 0.368 e. The lowest BCUT2D eigenvalue weighted by molar-refractivity contribution is -0.132. The van der Waals surface area contributed by atoms with Gasteiger partial charge in [-0.15, -0.1) is 0 Å². The molecule has 8 heavy (non-hydrogen) atoms. The highest BCUT2D eigenvalue weighted by molar-refractivity contribution is 6.21. The van der Waals surface area contributed by atoms with E-state index in [-0.39, 0.29) is 13.4 Å². The summed E-state index contributed by atoms with van der Waals surface area (Å²) >= 11 is 0. The monoisotopic (exact) mass is 136 g/mol. The summed E-state index contributed by atoms with van der Waals surface area (Å²) in [5, 5.41) is 0. The van der Waals surface area contributed by atoms with Crippen LogP contribution in [-0.2, 0) is 13.6 Å². The van der Waals surface area contributed by atoms with E-state index in [1.165, 1.54) is 14.0 Å². The summed E-state index contributed by atoms with van der Waals surface area (Å²) in [6.45, 7) is 1.37. The SMILES string of the molecule is C.CO[SiH2]OC(C)=O. The predicted molar refractivity (Wildman–Crippen MR) is 34.0 cm³/mol. The Balaban J connectivity index is 0. The lowest BCUT2D eigenvalue weighted by Gasteiger charge is -1.94. The largest absolute Gasteiger partial charge is 0.499 e. The molecule has 0 saturated heterocycles. The molecule has 0 spiro atoms. The van der Waals surface area contributed by atoms with Crippen LogP contribution in [0, 0.1) is 0 Å². The molecule has 0 radical (unpaired) electrons. The van der Waals surface area contributed by atoms with E-state index in [2.05, 4.69) is 8.85 Å². The Morgan fingerprint density at radius 1 is 1.62 bits per heavy atom. The molecule has 0 heterocycles. The summed E-state index contributed by atoms with van der Waals surface area (Å²) < 4.78 is 9.02. The molecule has 0 saturated carbocycles. The van der Waals surface area contributed by atoms with Gasteiger partial charge in [0, 0.05) is 14.0 Å². The van der Waals surface area contributed by atoms with Crippen molar-refractivity contribution in [3.63, 3.8) is 0 Å². The minimum Gasteiger partial charge on any atom is -0.499 e. The standard InChI is InChI=1S/C3H8O3Si.CH4/c1-3(4)6-7-5-2;/h7H2,1-2H3;1H4. The van der Waals surface area contributed by atoms with Crippen molar-refractivity contribution in [2.45, 2.75) is 14.4 Å². The van der Waals surface area contributed by atoms with Gasteiger partial charge >= 0.3 is 10.0 Å². The second kappa shape index (κ2) is 6.65. The molecule has 0 unspecified atom stereocenters. The zero-order chi connectivity index (χ0) is 5.70. The van der Waals surface area contributed by atoms with E-state index in [0.29, 0.717) is 0 Å². The van der Waals surface area contributed by atoms with Gasteiger partial charge < -0.3 is 8.85 Å². The molecule has 0 N–H and O–H groups in total. The average Bonchev–Trinajstić information content (AvgIpc) is 1.61. The van der Waals surface area contributed by atoms with Gasteiger partial charge in [-0.3, -0.25) is 4.79 Å². The fourth-order valence-electron chi connectivity index (χ4n) is 0.142. The van der Waals surface area contributed by atoms with Crippen LogP contribution in [0.15, 0.2) is 0 Å². The molecule has 4 heteroatoms. The van der Waals surface area contributed by atoms with Crippen molar-refractivity contribution >= 4 is 16.0 Å². The maximum absolute atomic E-state index is 9.94. The van der Waals surface area contributed by atoms with Gasteiger partial charge in [0.2, 0.25) is 0 Å². The van der Waals surface area contributed by atoms with Crippen molar-refractivity contribution in [2.24, 2.45) is 0 Å². The summed E-state index contributed by atoms with van der Waals surface area (Å²) in [6, 6.07) is 0. The minimum atomic E-state index is -0.975. The normalized spacial score (nSPS) is 8.75. The molecule has 0 aliphatic carbocycles. The van der Waals surface area contributed by atoms with Crippen LogP contribution in [0.1, 0.15) is 14.4 Å². The van der Waals surface area contributed by atoms with Crippen molar-refractivity contribution in [1.29, 1.82) is 0 Å². The molecule has 0 aliphatic heterocycles. The van der Waals surface area contributed by atoms with Crippen molar-refractivity contribution in [3.8, 4) is 0 Å². The quantitative estimate of drug-likeness (QED) is 0.494. The van der Waals surface area contributed by atoms with Gasteiger partial charge in [-0.1, -0.05) is 7.43 Å². The van der Waals surface area contributed by atoms with E-state index in [1.807, 2.05) is 0 Å². The lowest BCUT2D eigenvalue weighted by atomic mass is 10.9. The Hall–Kier alpha value is -0.353. The lowest BCUT2D eigenvalue weighted by Crippen LogP contribution is -2.05. The number of carbonyl (C=O) groups excluding carboxylic acids is 1. The fraction of sp³-hybridized carbons (Fsp3) is 0.750. The highest BCUT2D eigenvalue weighted by Gasteiger charge is 1.87. The first-order valence-corrected chi connectivity index (χ1v) is 3.05. The van der Waals surface area contributed by atoms with Crippen LogP contribution in [0.4, 0.5) is 0 Å². The first-order valence-electron chi connectivity index (χ1n) is 1.89. The summed E-state index contributed by atoms with van der Waals surface area (Å²) in [5.41, 5.74) is 0. The average molecular weight is 136 g/mol. The predicted octanol–water partition coefficient (Wildman–Crippen LogP) is -0.169. The molecule has 3 nitrogen and oxygen atoms in total. The van der Waals surface area contributed by atoms with Crippen molar-refractivity contribution in [2.75, 3.05) is 7.11 Å². The van der Waals surface area contributed by atoms with Gasteiger partial charge in [0.05, 0.1) is 0 Å². The number of rotatable bonds is 2. The van der Waals surface area contributed by atoms with Crippen molar-refractivity contribution in [3.05, 3.63) is 0 Å². The van der Waals surface area contributed by atoms with Crippen molar-refractivity contribution in [1.82, 2.24) is 0 Å². The van der Waals surface area contributed by atoms with E-state index < -0.39 is 10.0 Å². The maximum atomic E-state index is 9.94. The Bertz CT molecular complexity index is 64.3. The zero-order valence-corrected chi connectivity index (χ0v) is 5.85. The minimum absolute atomic E-state index is 0. The molecule has 50 valence electrons. The third kappa shape index (κ3) is 9.17.